The normalized spacial score (nSPS) is 10.4. The fourth-order valence-corrected chi connectivity index (χ4v) is 2.31. The van der Waals surface area contributed by atoms with E-state index in [1.807, 2.05) is 17.5 Å². The Bertz CT molecular complexity index is 574. The number of carbonyl (C=O) groups is 1. The lowest BCUT2D eigenvalue weighted by Crippen LogP contribution is -2.37. The van der Waals surface area contributed by atoms with Crippen molar-refractivity contribution >= 4 is 17.4 Å². The molecule has 0 spiro atoms. The summed E-state index contributed by atoms with van der Waals surface area (Å²) in [6, 6.07) is 3.80. The maximum Gasteiger partial charge on any atom is 0.340 e. The van der Waals surface area contributed by atoms with Crippen LogP contribution in [0.15, 0.2) is 22.3 Å². The maximum atomic E-state index is 11.8. The van der Waals surface area contributed by atoms with Crippen molar-refractivity contribution in [3.63, 3.8) is 0 Å². The molecule has 0 aromatic carbocycles. The molecule has 0 aliphatic rings. The van der Waals surface area contributed by atoms with Crippen molar-refractivity contribution in [2.24, 2.45) is 0 Å². The zero-order chi connectivity index (χ0) is 13.7. The molecule has 19 heavy (non-hydrogen) atoms. The molecule has 0 saturated carbocycles. The standard InChI is InChI=1S/C11H15N5O2S/c1-16(7-8-3-2-6-19-8)11(18)12-5-4-9-13-10(17)15-14-9/h2-3,6H,4-5,7H2,1H3,(H,12,18)(H2,13,14,15,17). The lowest BCUT2D eigenvalue weighted by molar-refractivity contribution is 0.207. The van der Waals surface area contributed by atoms with Crippen molar-refractivity contribution in [3.8, 4) is 0 Å². The van der Waals surface area contributed by atoms with E-state index in [0.717, 1.165) is 4.88 Å². The smallest absolute Gasteiger partial charge is 0.338 e. The molecular weight excluding hydrogens is 266 g/mol. The molecule has 3 N–H and O–H groups in total. The zero-order valence-corrected chi connectivity index (χ0v) is 11.3. The van der Waals surface area contributed by atoms with Gasteiger partial charge in [-0.05, 0) is 11.4 Å². The van der Waals surface area contributed by atoms with Gasteiger partial charge in [0.25, 0.3) is 0 Å². The lowest BCUT2D eigenvalue weighted by Gasteiger charge is -2.16. The molecular formula is C11H15N5O2S. The summed E-state index contributed by atoms with van der Waals surface area (Å²) >= 11 is 1.62. The number of aromatic nitrogens is 3. The summed E-state index contributed by atoms with van der Waals surface area (Å²) in [7, 11) is 1.74. The van der Waals surface area contributed by atoms with Gasteiger partial charge >= 0.3 is 11.7 Å². The molecule has 0 aliphatic carbocycles. The van der Waals surface area contributed by atoms with Crippen molar-refractivity contribution in [2.45, 2.75) is 13.0 Å². The van der Waals surface area contributed by atoms with Crippen molar-refractivity contribution in [2.75, 3.05) is 13.6 Å². The molecule has 0 saturated heterocycles. The summed E-state index contributed by atoms with van der Waals surface area (Å²) < 4.78 is 0. The van der Waals surface area contributed by atoms with Crippen LogP contribution in [0, 0.1) is 0 Å². The number of nitrogens with zero attached hydrogens (tertiary/aromatic N) is 2. The molecule has 2 rings (SSSR count). The number of thiophene rings is 1. The molecule has 0 atom stereocenters. The Morgan fingerprint density at radius 2 is 2.42 bits per heavy atom. The number of urea groups is 1. The highest BCUT2D eigenvalue weighted by molar-refractivity contribution is 7.09. The first-order chi connectivity index (χ1) is 9.15. The second-order valence-electron chi connectivity index (χ2n) is 4.04. The van der Waals surface area contributed by atoms with Crippen molar-refractivity contribution in [3.05, 3.63) is 38.7 Å². The van der Waals surface area contributed by atoms with Crippen LogP contribution in [0.25, 0.3) is 0 Å². The summed E-state index contributed by atoms with van der Waals surface area (Å²) in [6.07, 6.45) is 0.483. The Morgan fingerprint density at radius 3 is 3.05 bits per heavy atom. The van der Waals surface area contributed by atoms with Gasteiger partial charge in [-0.3, -0.25) is 4.98 Å². The predicted molar refractivity (Wildman–Crippen MR) is 72.1 cm³/mol. The fourth-order valence-electron chi connectivity index (χ4n) is 1.55. The lowest BCUT2D eigenvalue weighted by atomic mass is 10.4. The number of carbonyl (C=O) groups excluding carboxylic acids is 1. The van der Waals surface area contributed by atoms with Gasteiger partial charge in [-0.15, -0.1) is 11.3 Å². The fraction of sp³-hybridized carbons (Fsp3) is 0.364. The van der Waals surface area contributed by atoms with E-state index in [0.29, 0.717) is 25.3 Å². The average Bonchev–Trinajstić information content (AvgIpc) is 3.01. The van der Waals surface area contributed by atoms with Crippen LogP contribution in [-0.2, 0) is 13.0 Å². The third-order valence-electron chi connectivity index (χ3n) is 2.51. The van der Waals surface area contributed by atoms with E-state index in [1.54, 1.807) is 23.3 Å². The second kappa shape index (κ2) is 6.19. The highest BCUT2D eigenvalue weighted by Crippen LogP contribution is 2.10. The SMILES string of the molecule is CN(Cc1cccs1)C(=O)NCCc1n[nH]c(=O)[nH]1. The van der Waals surface area contributed by atoms with Crippen LogP contribution in [0.3, 0.4) is 0 Å². The van der Waals surface area contributed by atoms with E-state index in [1.165, 1.54) is 0 Å². The number of rotatable bonds is 5. The van der Waals surface area contributed by atoms with E-state index in [4.69, 9.17) is 0 Å². The van der Waals surface area contributed by atoms with Crippen LogP contribution >= 0.6 is 11.3 Å². The Morgan fingerprint density at radius 1 is 1.58 bits per heavy atom. The van der Waals surface area contributed by atoms with Gasteiger partial charge in [-0.25, -0.2) is 14.7 Å². The summed E-state index contributed by atoms with van der Waals surface area (Å²) in [5, 5.41) is 10.8. The number of hydrogen-bond donors (Lipinski definition) is 3. The number of hydrogen-bond acceptors (Lipinski definition) is 4. The van der Waals surface area contributed by atoms with Gasteiger partial charge in [-0.1, -0.05) is 6.07 Å². The minimum absolute atomic E-state index is 0.147. The first kappa shape index (κ1) is 13.3. The summed E-state index contributed by atoms with van der Waals surface area (Å²) in [4.78, 5) is 27.9. The molecule has 0 aliphatic heterocycles. The number of aromatic amines is 2. The Hall–Kier alpha value is -2.09. The minimum atomic E-state index is -0.337. The van der Waals surface area contributed by atoms with Gasteiger partial charge in [0.2, 0.25) is 0 Å². The highest BCUT2D eigenvalue weighted by Gasteiger charge is 2.09. The van der Waals surface area contributed by atoms with Gasteiger partial charge in [0.15, 0.2) is 0 Å². The largest absolute Gasteiger partial charge is 0.340 e. The maximum absolute atomic E-state index is 11.8. The molecule has 7 nitrogen and oxygen atoms in total. The molecule has 0 unspecified atom stereocenters. The predicted octanol–water partition coefficient (Wildman–Crippen LogP) is 0.544. The summed E-state index contributed by atoms with van der Waals surface area (Å²) in [5.74, 6) is 0.534. The van der Waals surface area contributed by atoms with Crippen LogP contribution in [0.2, 0.25) is 0 Å². The van der Waals surface area contributed by atoms with Crippen LogP contribution in [-0.4, -0.2) is 39.7 Å². The molecule has 0 radical (unpaired) electrons. The van der Waals surface area contributed by atoms with Crippen LogP contribution in [0.5, 0.6) is 0 Å². The molecule has 2 amide bonds. The molecule has 2 heterocycles. The summed E-state index contributed by atoms with van der Waals surface area (Å²) in [6.45, 7) is 1.01. The zero-order valence-electron chi connectivity index (χ0n) is 10.5. The third kappa shape index (κ3) is 3.95. The third-order valence-corrected chi connectivity index (χ3v) is 3.37. The molecule has 2 aromatic rings. The summed E-state index contributed by atoms with van der Waals surface area (Å²) in [5.41, 5.74) is -0.337. The molecule has 8 heteroatoms. The van der Waals surface area contributed by atoms with Crippen molar-refractivity contribution in [1.82, 2.24) is 25.4 Å². The van der Waals surface area contributed by atoms with E-state index >= 15 is 0 Å². The quantitative estimate of drug-likeness (QED) is 0.746. The van der Waals surface area contributed by atoms with Gasteiger partial charge in [0, 0.05) is 24.9 Å². The topological polar surface area (TPSA) is 93.9 Å². The van der Waals surface area contributed by atoms with E-state index < -0.39 is 0 Å². The van der Waals surface area contributed by atoms with Gasteiger partial charge in [0.1, 0.15) is 5.82 Å². The average molecular weight is 281 g/mol. The Kier molecular flexibility index (Phi) is 4.35. The van der Waals surface area contributed by atoms with Crippen molar-refractivity contribution < 1.29 is 4.79 Å². The van der Waals surface area contributed by atoms with Crippen LogP contribution < -0.4 is 11.0 Å². The van der Waals surface area contributed by atoms with E-state index in [-0.39, 0.29) is 11.7 Å². The molecule has 2 aromatic heterocycles. The second-order valence-corrected chi connectivity index (χ2v) is 5.07. The van der Waals surface area contributed by atoms with Gasteiger partial charge < -0.3 is 10.2 Å². The van der Waals surface area contributed by atoms with Crippen LogP contribution in [0.1, 0.15) is 10.7 Å². The first-order valence-corrected chi connectivity index (χ1v) is 6.68. The van der Waals surface area contributed by atoms with Crippen LogP contribution in [0.4, 0.5) is 4.79 Å². The molecule has 0 bridgehead atoms. The van der Waals surface area contributed by atoms with E-state index in [9.17, 15) is 9.59 Å². The Balaban J connectivity index is 1.73. The highest BCUT2D eigenvalue weighted by atomic mass is 32.1. The number of H-pyrrole nitrogens is 2. The molecule has 102 valence electrons. The van der Waals surface area contributed by atoms with Crippen molar-refractivity contribution in [1.29, 1.82) is 0 Å². The van der Waals surface area contributed by atoms with E-state index in [2.05, 4.69) is 20.5 Å². The monoisotopic (exact) mass is 281 g/mol. The first-order valence-electron chi connectivity index (χ1n) is 5.80. The molecule has 0 fully saturated rings. The van der Waals surface area contributed by atoms with Gasteiger partial charge in [0.05, 0.1) is 6.54 Å². The number of nitrogens with one attached hydrogen (secondary N) is 3. The van der Waals surface area contributed by atoms with Gasteiger partial charge in [-0.2, -0.15) is 5.10 Å². The Labute approximate surface area is 113 Å². The minimum Gasteiger partial charge on any atom is -0.338 e. The number of amides is 2.